The summed E-state index contributed by atoms with van der Waals surface area (Å²) < 4.78 is 0. The van der Waals surface area contributed by atoms with Crippen molar-refractivity contribution in [3.63, 3.8) is 0 Å². The summed E-state index contributed by atoms with van der Waals surface area (Å²) in [5.74, 6) is -3.65. The van der Waals surface area contributed by atoms with Gasteiger partial charge in [0.05, 0.1) is 0 Å². The molecule has 0 spiro atoms. The summed E-state index contributed by atoms with van der Waals surface area (Å²) in [4.78, 5) is 20.5. The van der Waals surface area contributed by atoms with Gasteiger partial charge in [-0.05, 0) is 31.7 Å². The molecule has 0 aliphatic rings. The van der Waals surface area contributed by atoms with Crippen molar-refractivity contribution in [1.82, 2.24) is 4.90 Å². The molecule has 5 nitrogen and oxygen atoms in total. The molecule has 0 saturated heterocycles. The van der Waals surface area contributed by atoms with E-state index in [1.54, 1.807) is 0 Å². The molecule has 0 radical (unpaired) electrons. The van der Waals surface area contributed by atoms with Crippen LogP contribution in [0.15, 0.2) is 48.2 Å². The molecular weight excluding hydrogens is 258 g/mol. The van der Waals surface area contributed by atoms with E-state index < -0.39 is 11.9 Å². The van der Waals surface area contributed by atoms with Crippen LogP contribution in [-0.4, -0.2) is 40.6 Å². The zero-order chi connectivity index (χ0) is 15.4. The first kappa shape index (κ1) is 17.6. The molecular formula is C15H19NO4. The Bertz CT molecular complexity index is 464. The maximum Gasteiger partial charge on any atom is 0.414 e. The highest BCUT2D eigenvalue weighted by Gasteiger charge is 2.04. The van der Waals surface area contributed by atoms with Crippen LogP contribution in [0.4, 0.5) is 0 Å². The lowest BCUT2D eigenvalue weighted by molar-refractivity contribution is -0.159. The topological polar surface area (TPSA) is 77.8 Å². The van der Waals surface area contributed by atoms with Gasteiger partial charge < -0.3 is 10.2 Å². The van der Waals surface area contributed by atoms with E-state index in [-0.39, 0.29) is 0 Å². The fourth-order valence-electron chi connectivity index (χ4n) is 1.29. The normalized spacial score (nSPS) is 8.95. The van der Waals surface area contributed by atoms with E-state index in [4.69, 9.17) is 19.8 Å². The average molecular weight is 277 g/mol. The molecule has 2 N–H and O–H groups in total. The largest absolute Gasteiger partial charge is 0.473 e. The molecule has 0 amide bonds. The predicted molar refractivity (Wildman–Crippen MR) is 76.4 cm³/mol. The molecule has 0 fully saturated rings. The zero-order valence-electron chi connectivity index (χ0n) is 11.6. The van der Waals surface area contributed by atoms with Crippen LogP contribution in [0.1, 0.15) is 12.5 Å². The minimum atomic E-state index is -1.82. The highest BCUT2D eigenvalue weighted by molar-refractivity contribution is 6.27. The SMILES string of the molecule is CC=C=CCN(C)Cc1ccccc1.O=C(O)C(=O)O. The molecule has 0 bridgehead atoms. The molecule has 1 rings (SSSR count). The number of carboxylic acid groups (broad SMARTS) is 2. The Labute approximate surface area is 118 Å². The summed E-state index contributed by atoms with van der Waals surface area (Å²) in [6.45, 7) is 3.91. The molecule has 0 aliphatic heterocycles. The van der Waals surface area contributed by atoms with E-state index in [0.717, 1.165) is 13.1 Å². The van der Waals surface area contributed by atoms with E-state index in [0.29, 0.717) is 0 Å². The van der Waals surface area contributed by atoms with Gasteiger partial charge in [0.15, 0.2) is 0 Å². The van der Waals surface area contributed by atoms with Crippen molar-refractivity contribution >= 4 is 11.9 Å². The van der Waals surface area contributed by atoms with E-state index in [9.17, 15) is 0 Å². The number of rotatable bonds is 4. The molecule has 1 aromatic carbocycles. The summed E-state index contributed by atoms with van der Waals surface area (Å²) in [5.41, 5.74) is 4.42. The van der Waals surface area contributed by atoms with Gasteiger partial charge in [-0.1, -0.05) is 30.3 Å². The summed E-state index contributed by atoms with van der Waals surface area (Å²) >= 11 is 0. The Balaban J connectivity index is 0.000000511. The van der Waals surface area contributed by atoms with Crippen LogP contribution in [0.5, 0.6) is 0 Å². The fourth-order valence-corrected chi connectivity index (χ4v) is 1.29. The number of likely N-dealkylation sites (N-methyl/N-ethyl adjacent to an activating group) is 1. The van der Waals surface area contributed by atoms with Crippen molar-refractivity contribution in [1.29, 1.82) is 0 Å². The second-order valence-corrected chi connectivity index (χ2v) is 3.95. The lowest BCUT2D eigenvalue weighted by atomic mass is 10.2. The van der Waals surface area contributed by atoms with Crippen LogP contribution in [-0.2, 0) is 16.1 Å². The zero-order valence-corrected chi connectivity index (χ0v) is 11.6. The van der Waals surface area contributed by atoms with Gasteiger partial charge in [0.25, 0.3) is 0 Å². The van der Waals surface area contributed by atoms with Crippen LogP contribution in [0.2, 0.25) is 0 Å². The van der Waals surface area contributed by atoms with E-state index in [1.807, 2.05) is 25.1 Å². The maximum absolute atomic E-state index is 9.10. The molecule has 5 heteroatoms. The molecule has 1 aromatic rings. The highest BCUT2D eigenvalue weighted by Crippen LogP contribution is 2.01. The fraction of sp³-hybridized carbons (Fsp3) is 0.267. The number of aliphatic carboxylic acids is 2. The number of benzene rings is 1. The van der Waals surface area contributed by atoms with Gasteiger partial charge in [0.1, 0.15) is 0 Å². The van der Waals surface area contributed by atoms with Crippen molar-refractivity contribution in [2.45, 2.75) is 13.5 Å². The van der Waals surface area contributed by atoms with E-state index in [2.05, 4.69) is 41.9 Å². The van der Waals surface area contributed by atoms with Crippen LogP contribution in [0, 0.1) is 0 Å². The molecule has 0 unspecified atom stereocenters. The van der Waals surface area contributed by atoms with E-state index in [1.165, 1.54) is 5.56 Å². The molecule has 20 heavy (non-hydrogen) atoms. The van der Waals surface area contributed by atoms with Crippen molar-refractivity contribution in [2.75, 3.05) is 13.6 Å². The third-order valence-electron chi connectivity index (χ3n) is 2.17. The first-order chi connectivity index (χ1) is 9.47. The number of hydrogen-bond acceptors (Lipinski definition) is 3. The van der Waals surface area contributed by atoms with Crippen LogP contribution < -0.4 is 0 Å². The molecule has 0 aliphatic carbocycles. The third kappa shape index (κ3) is 9.65. The minimum absolute atomic E-state index is 0.944. The van der Waals surface area contributed by atoms with Gasteiger partial charge in [-0.25, -0.2) is 9.59 Å². The Kier molecular flexibility index (Phi) is 9.31. The van der Waals surface area contributed by atoms with Crippen LogP contribution in [0.3, 0.4) is 0 Å². The van der Waals surface area contributed by atoms with Crippen LogP contribution >= 0.6 is 0 Å². The summed E-state index contributed by atoms with van der Waals surface area (Å²) in [5, 5.41) is 14.8. The number of carboxylic acids is 2. The first-order valence-corrected chi connectivity index (χ1v) is 6.01. The van der Waals surface area contributed by atoms with Crippen molar-refractivity contribution in [3.8, 4) is 0 Å². The first-order valence-electron chi connectivity index (χ1n) is 6.01. The average Bonchev–Trinajstić information content (AvgIpc) is 2.40. The van der Waals surface area contributed by atoms with Crippen molar-refractivity contribution in [2.24, 2.45) is 0 Å². The molecule has 0 saturated carbocycles. The third-order valence-corrected chi connectivity index (χ3v) is 2.17. The van der Waals surface area contributed by atoms with Gasteiger partial charge in [-0.2, -0.15) is 0 Å². The molecule has 0 heterocycles. The Morgan fingerprint density at radius 2 is 1.75 bits per heavy atom. The Morgan fingerprint density at radius 3 is 2.20 bits per heavy atom. The highest BCUT2D eigenvalue weighted by atomic mass is 16.4. The monoisotopic (exact) mass is 277 g/mol. The summed E-state index contributed by atoms with van der Waals surface area (Å²) in [6, 6.07) is 10.5. The molecule has 108 valence electrons. The van der Waals surface area contributed by atoms with Gasteiger partial charge in [-0.3, -0.25) is 4.90 Å². The minimum Gasteiger partial charge on any atom is -0.473 e. The predicted octanol–water partition coefficient (Wildman–Crippen LogP) is 2.01. The second-order valence-electron chi connectivity index (χ2n) is 3.95. The standard InChI is InChI=1S/C13H17N.C2H2O4/c1-3-4-8-11-14(2)12-13-9-6-5-7-10-13;3-1(4)2(5)6/h3,5-10H,11-12H2,1-2H3;(H,3,4)(H,5,6). The van der Waals surface area contributed by atoms with E-state index >= 15 is 0 Å². The maximum atomic E-state index is 9.10. The van der Waals surface area contributed by atoms with Gasteiger partial charge in [-0.15, -0.1) is 5.73 Å². The summed E-state index contributed by atoms with van der Waals surface area (Å²) in [6.07, 6.45) is 3.97. The lowest BCUT2D eigenvalue weighted by Crippen LogP contribution is -2.17. The lowest BCUT2D eigenvalue weighted by Gasteiger charge is -2.13. The second kappa shape index (κ2) is 10.6. The van der Waals surface area contributed by atoms with Crippen LogP contribution in [0.25, 0.3) is 0 Å². The number of hydrogen-bond donors (Lipinski definition) is 2. The van der Waals surface area contributed by atoms with Crippen molar-refractivity contribution < 1.29 is 19.8 Å². The molecule has 0 atom stereocenters. The Morgan fingerprint density at radius 1 is 1.20 bits per heavy atom. The van der Waals surface area contributed by atoms with Gasteiger partial charge in [0, 0.05) is 13.1 Å². The van der Waals surface area contributed by atoms with Gasteiger partial charge in [0.2, 0.25) is 0 Å². The smallest absolute Gasteiger partial charge is 0.414 e. The Hall–Kier alpha value is -2.36. The number of carbonyl (C=O) groups is 2. The molecule has 0 aromatic heterocycles. The number of nitrogens with zero attached hydrogens (tertiary/aromatic N) is 1. The van der Waals surface area contributed by atoms with Crippen molar-refractivity contribution in [3.05, 3.63) is 53.8 Å². The summed E-state index contributed by atoms with van der Waals surface area (Å²) in [7, 11) is 2.11. The van der Waals surface area contributed by atoms with Gasteiger partial charge >= 0.3 is 11.9 Å². The quantitative estimate of drug-likeness (QED) is 0.650.